The van der Waals surface area contributed by atoms with Gasteiger partial charge in [0.2, 0.25) is 0 Å². The average molecular weight is 237 g/mol. The molecule has 1 aromatic carbocycles. The van der Waals surface area contributed by atoms with Crippen molar-refractivity contribution in [2.75, 3.05) is 20.6 Å². The van der Waals surface area contributed by atoms with Crippen LogP contribution in [0.5, 0.6) is 0 Å². The van der Waals surface area contributed by atoms with Crippen LogP contribution in [0.25, 0.3) is 0 Å². The van der Waals surface area contributed by atoms with Gasteiger partial charge in [-0.25, -0.2) is 4.79 Å². The van der Waals surface area contributed by atoms with Gasteiger partial charge in [-0.2, -0.15) is 0 Å². The molecule has 1 aromatic rings. The Morgan fingerprint density at radius 1 is 1.35 bits per heavy atom. The van der Waals surface area contributed by atoms with Crippen molar-refractivity contribution in [1.82, 2.24) is 10.2 Å². The summed E-state index contributed by atoms with van der Waals surface area (Å²) in [6.45, 7) is 0.509. The predicted molar refractivity (Wildman–Crippen MR) is 63.9 cm³/mol. The lowest BCUT2D eigenvalue weighted by Gasteiger charge is -2.11. The number of urea groups is 1. The molecule has 0 aliphatic carbocycles. The number of hydrogen-bond acceptors (Lipinski definition) is 3. The van der Waals surface area contributed by atoms with Crippen molar-refractivity contribution in [2.45, 2.75) is 6.42 Å². The average Bonchev–Trinajstić information content (AvgIpc) is 2.29. The highest BCUT2D eigenvalue weighted by Gasteiger charge is 2.05. The summed E-state index contributed by atoms with van der Waals surface area (Å²) >= 11 is 0. The zero-order chi connectivity index (χ0) is 12.8. The number of carbonyl (C=O) groups excluding carboxylic acids is 1. The largest absolute Gasteiger partial charge is 0.338 e. The second-order valence-corrected chi connectivity index (χ2v) is 3.80. The normalized spacial score (nSPS) is 9.76. The Morgan fingerprint density at radius 3 is 2.41 bits per heavy atom. The Labute approximate surface area is 99.4 Å². The van der Waals surface area contributed by atoms with Crippen molar-refractivity contribution >= 4 is 11.7 Å². The molecule has 0 spiro atoms. The maximum Gasteiger partial charge on any atom is 0.316 e. The number of nitrogens with one attached hydrogen (secondary N) is 1. The molecular weight excluding hydrogens is 222 g/mol. The maximum absolute atomic E-state index is 11.2. The van der Waals surface area contributed by atoms with Gasteiger partial charge in [0.1, 0.15) is 0 Å². The lowest BCUT2D eigenvalue weighted by molar-refractivity contribution is -0.384. The van der Waals surface area contributed by atoms with Crippen LogP contribution in [-0.4, -0.2) is 36.5 Å². The van der Waals surface area contributed by atoms with E-state index in [-0.39, 0.29) is 11.7 Å². The van der Waals surface area contributed by atoms with Gasteiger partial charge in [0, 0.05) is 32.8 Å². The number of hydrogen-bond donors (Lipinski definition) is 1. The van der Waals surface area contributed by atoms with Crippen LogP contribution < -0.4 is 5.32 Å². The predicted octanol–water partition coefficient (Wildman–Crippen LogP) is 1.41. The van der Waals surface area contributed by atoms with E-state index >= 15 is 0 Å². The summed E-state index contributed by atoms with van der Waals surface area (Å²) in [5, 5.41) is 13.2. The first kappa shape index (κ1) is 13.0. The molecule has 0 heterocycles. The number of benzene rings is 1. The number of nitro benzene ring substituents is 1. The summed E-state index contributed by atoms with van der Waals surface area (Å²) in [5.74, 6) is 0. The molecular formula is C11H15N3O3. The fraction of sp³-hybridized carbons (Fsp3) is 0.364. The molecule has 1 N–H and O–H groups in total. The minimum absolute atomic E-state index is 0.0751. The molecule has 0 saturated heterocycles. The molecule has 6 heteroatoms. The first-order chi connectivity index (χ1) is 8.00. The zero-order valence-corrected chi connectivity index (χ0v) is 9.84. The molecule has 0 radical (unpaired) electrons. The lowest BCUT2D eigenvalue weighted by Crippen LogP contribution is -2.35. The summed E-state index contributed by atoms with van der Waals surface area (Å²) in [4.78, 5) is 22.7. The minimum Gasteiger partial charge on any atom is -0.338 e. The fourth-order valence-corrected chi connectivity index (χ4v) is 1.26. The maximum atomic E-state index is 11.2. The van der Waals surface area contributed by atoms with Gasteiger partial charge in [-0.1, -0.05) is 12.1 Å². The Balaban J connectivity index is 2.42. The van der Waals surface area contributed by atoms with Crippen molar-refractivity contribution in [1.29, 1.82) is 0 Å². The summed E-state index contributed by atoms with van der Waals surface area (Å²) in [6.07, 6.45) is 0.650. The summed E-state index contributed by atoms with van der Waals surface area (Å²) in [6, 6.07) is 6.17. The van der Waals surface area contributed by atoms with Gasteiger partial charge in [-0.3, -0.25) is 10.1 Å². The molecule has 92 valence electrons. The van der Waals surface area contributed by atoms with Gasteiger partial charge in [0.15, 0.2) is 0 Å². The van der Waals surface area contributed by atoms with Crippen LogP contribution in [0.15, 0.2) is 24.3 Å². The highest BCUT2D eigenvalue weighted by Crippen LogP contribution is 2.11. The third-order valence-corrected chi connectivity index (χ3v) is 2.24. The van der Waals surface area contributed by atoms with E-state index in [2.05, 4.69) is 5.32 Å². The molecule has 17 heavy (non-hydrogen) atoms. The third-order valence-electron chi connectivity index (χ3n) is 2.24. The molecule has 0 aliphatic heterocycles. The topological polar surface area (TPSA) is 75.5 Å². The van der Waals surface area contributed by atoms with Gasteiger partial charge in [0.05, 0.1) is 4.92 Å². The van der Waals surface area contributed by atoms with Gasteiger partial charge < -0.3 is 10.2 Å². The van der Waals surface area contributed by atoms with Gasteiger partial charge >= 0.3 is 6.03 Å². The van der Waals surface area contributed by atoms with Crippen molar-refractivity contribution in [3.63, 3.8) is 0 Å². The van der Waals surface area contributed by atoms with E-state index in [1.807, 2.05) is 0 Å². The van der Waals surface area contributed by atoms with E-state index in [4.69, 9.17) is 0 Å². The van der Waals surface area contributed by atoms with E-state index in [0.717, 1.165) is 5.56 Å². The summed E-state index contributed by atoms with van der Waals surface area (Å²) < 4.78 is 0. The van der Waals surface area contributed by atoms with Crippen molar-refractivity contribution in [3.8, 4) is 0 Å². The van der Waals surface area contributed by atoms with Gasteiger partial charge in [0.25, 0.3) is 5.69 Å². The molecule has 1 rings (SSSR count). The van der Waals surface area contributed by atoms with E-state index < -0.39 is 4.92 Å². The second-order valence-electron chi connectivity index (χ2n) is 3.80. The molecule has 0 fully saturated rings. The van der Waals surface area contributed by atoms with E-state index in [9.17, 15) is 14.9 Å². The van der Waals surface area contributed by atoms with Crippen molar-refractivity contribution in [3.05, 3.63) is 39.9 Å². The van der Waals surface area contributed by atoms with Crippen LogP contribution in [0.2, 0.25) is 0 Å². The van der Waals surface area contributed by atoms with Crippen LogP contribution in [-0.2, 0) is 6.42 Å². The molecule has 0 saturated carbocycles. The number of nitro groups is 1. The highest BCUT2D eigenvalue weighted by atomic mass is 16.6. The Kier molecular flexibility index (Phi) is 4.45. The summed E-state index contributed by atoms with van der Waals surface area (Å²) in [5.41, 5.74) is 1.03. The number of non-ortho nitro benzene ring substituents is 1. The van der Waals surface area contributed by atoms with E-state index in [1.54, 1.807) is 26.2 Å². The zero-order valence-electron chi connectivity index (χ0n) is 9.84. The Morgan fingerprint density at radius 2 is 1.94 bits per heavy atom. The molecule has 6 nitrogen and oxygen atoms in total. The highest BCUT2D eigenvalue weighted by molar-refractivity contribution is 5.73. The van der Waals surface area contributed by atoms with Crippen LogP contribution in [0, 0.1) is 10.1 Å². The summed E-state index contributed by atoms with van der Waals surface area (Å²) in [7, 11) is 3.34. The molecule has 2 amide bonds. The van der Waals surface area contributed by atoms with Crippen LogP contribution in [0.3, 0.4) is 0 Å². The number of amides is 2. The standard InChI is InChI=1S/C11H15N3O3/c1-13(2)11(15)12-8-7-9-3-5-10(6-4-9)14(16)17/h3-6H,7-8H2,1-2H3,(H,12,15). The molecule has 0 aliphatic rings. The first-order valence-corrected chi connectivity index (χ1v) is 5.19. The molecule has 0 bridgehead atoms. The second kappa shape index (κ2) is 5.83. The van der Waals surface area contributed by atoms with Gasteiger partial charge in [-0.05, 0) is 12.0 Å². The molecule has 0 aromatic heterocycles. The first-order valence-electron chi connectivity index (χ1n) is 5.19. The van der Waals surface area contributed by atoms with Crippen molar-refractivity contribution in [2.24, 2.45) is 0 Å². The number of carbonyl (C=O) groups is 1. The minimum atomic E-state index is -0.433. The van der Waals surface area contributed by atoms with E-state index in [1.165, 1.54) is 17.0 Å². The SMILES string of the molecule is CN(C)C(=O)NCCc1ccc([N+](=O)[O-])cc1. The molecule has 0 atom stereocenters. The monoisotopic (exact) mass is 237 g/mol. The fourth-order valence-electron chi connectivity index (χ4n) is 1.26. The number of nitrogens with zero attached hydrogens (tertiary/aromatic N) is 2. The van der Waals surface area contributed by atoms with Crippen LogP contribution in [0.4, 0.5) is 10.5 Å². The third kappa shape index (κ3) is 4.10. The smallest absolute Gasteiger partial charge is 0.316 e. The van der Waals surface area contributed by atoms with Gasteiger partial charge in [-0.15, -0.1) is 0 Å². The lowest BCUT2D eigenvalue weighted by atomic mass is 10.1. The van der Waals surface area contributed by atoms with E-state index in [0.29, 0.717) is 13.0 Å². The quantitative estimate of drug-likeness (QED) is 0.635. The Bertz CT molecular complexity index is 401. The Hall–Kier alpha value is -2.11. The van der Waals surface area contributed by atoms with Crippen molar-refractivity contribution < 1.29 is 9.72 Å². The van der Waals surface area contributed by atoms with Crippen LogP contribution in [0.1, 0.15) is 5.56 Å². The number of rotatable bonds is 4. The molecule has 0 unspecified atom stereocenters. The van der Waals surface area contributed by atoms with Crippen LogP contribution >= 0.6 is 0 Å².